The van der Waals surface area contributed by atoms with E-state index in [1.165, 1.54) is 0 Å². The minimum absolute atomic E-state index is 0.283. The van der Waals surface area contributed by atoms with Gasteiger partial charge in [-0.1, -0.05) is 24.4 Å². The quantitative estimate of drug-likeness (QED) is 0.859. The average molecular weight is 338 g/mol. The Morgan fingerprint density at radius 1 is 1.16 bits per heavy atom. The molecule has 5 heteroatoms. The molecule has 0 saturated heterocycles. The standard InChI is InChI=1S/C14H12BrNO2S/c1-17-9-4-2-5-10(8-9)18-12-7-3-6-11(15)13(12)14(16)19/h2-8H,1H3,(H2,16,19). The fraction of sp³-hybridized carbons (Fsp3) is 0.0714. The number of thiocarbonyl (C=S) groups is 1. The second-order valence-corrected chi connectivity index (χ2v) is 5.05. The van der Waals surface area contributed by atoms with Crippen LogP contribution in [0, 0.1) is 0 Å². The highest BCUT2D eigenvalue weighted by Gasteiger charge is 2.11. The third-order valence-corrected chi connectivity index (χ3v) is 3.36. The second-order valence-electron chi connectivity index (χ2n) is 3.76. The van der Waals surface area contributed by atoms with Gasteiger partial charge in [0.2, 0.25) is 0 Å². The van der Waals surface area contributed by atoms with E-state index in [1.807, 2.05) is 36.4 Å². The molecule has 2 aromatic carbocycles. The summed E-state index contributed by atoms with van der Waals surface area (Å²) in [4.78, 5) is 0.283. The molecule has 0 amide bonds. The Balaban J connectivity index is 2.38. The molecule has 2 rings (SSSR count). The van der Waals surface area contributed by atoms with Crippen LogP contribution in [0.4, 0.5) is 0 Å². The van der Waals surface area contributed by atoms with Crippen molar-refractivity contribution in [2.75, 3.05) is 7.11 Å². The van der Waals surface area contributed by atoms with Crippen LogP contribution in [-0.2, 0) is 0 Å². The van der Waals surface area contributed by atoms with Gasteiger partial charge in [0, 0.05) is 10.5 Å². The number of hydrogen-bond donors (Lipinski definition) is 1. The van der Waals surface area contributed by atoms with Gasteiger partial charge in [0.25, 0.3) is 0 Å². The zero-order valence-electron chi connectivity index (χ0n) is 10.2. The largest absolute Gasteiger partial charge is 0.497 e. The van der Waals surface area contributed by atoms with Gasteiger partial charge in [-0.2, -0.15) is 0 Å². The van der Waals surface area contributed by atoms with Gasteiger partial charge >= 0.3 is 0 Å². The maximum Gasteiger partial charge on any atom is 0.138 e. The van der Waals surface area contributed by atoms with E-state index in [4.69, 9.17) is 27.4 Å². The zero-order valence-corrected chi connectivity index (χ0v) is 12.6. The van der Waals surface area contributed by atoms with Crippen LogP contribution in [-0.4, -0.2) is 12.1 Å². The van der Waals surface area contributed by atoms with Gasteiger partial charge in [-0.25, -0.2) is 0 Å². The molecule has 0 aliphatic rings. The SMILES string of the molecule is COc1cccc(Oc2cccc(Br)c2C(N)=S)c1. The topological polar surface area (TPSA) is 44.5 Å². The van der Waals surface area contributed by atoms with E-state index in [9.17, 15) is 0 Å². The molecule has 0 fully saturated rings. The van der Waals surface area contributed by atoms with Gasteiger partial charge in [0.05, 0.1) is 12.7 Å². The number of nitrogens with two attached hydrogens (primary N) is 1. The molecule has 0 unspecified atom stereocenters. The van der Waals surface area contributed by atoms with Crippen LogP contribution < -0.4 is 15.2 Å². The molecule has 0 aliphatic carbocycles. The van der Waals surface area contributed by atoms with Crippen molar-refractivity contribution in [3.8, 4) is 17.2 Å². The molecule has 0 saturated carbocycles. The van der Waals surface area contributed by atoms with E-state index in [1.54, 1.807) is 13.2 Å². The number of hydrogen-bond acceptors (Lipinski definition) is 3. The van der Waals surface area contributed by atoms with Crippen molar-refractivity contribution >= 4 is 33.1 Å². The van der Waals surface area contributed by atoms with Crippen molar-refractivity contribution in [2.45, 2.75) is 0 Å². The summed E-state index contributed by atoms with van der Waals surface area (Å²) >= 11 is 8.46. The number of ether oxygens (including phenoxy) is 2. The average Bonchev–Trinajstić information content (AvgIpc) is 2.38. The summed E-state index contributed by atoms with van der Waals surface area (Å²) in [6, 6.07) is 12.9. The van der Waals surface area contributed by atoms with Crippen LogP contribution in [0.5, 0.6) is 17.2 Å². The maximum atomic E-state index is 5.82. The highest BCUT2D eigenvalue weighted by atomic mass is 79.9. The van der Waals surface area contributed by atoms with Gasteiger partial charge in [-0.15, -0.1) is 0 Å². The summed E-state index contributed by atoms with van der Waals surface area (Å²) in [6.45, 7) is 0. The molecule has 19 heavy (non-hydrogen) atoms. The molecular formula is C14H12BrNO2S. The van der Waals surface area contributed by atoms with Crippen LogP contribution in [0.15, 0.2) is 46.9 Å². The van der Waals surface area contributed by atoms with Crippen LogP contribution in [0.2, 0.25) is 0 Å². The number of rotatable bonds is 4. The molecule has 0 spiro atoms. The monoisotopic (exact) mass is 337 g/mol. The lowest BCUT2D eigenvalue weighted by molar-refractivity contribution is 0.409. The first-order valence-electron chi connectivity index (χ1n) is 5.52. The minimum atomic E-state index is 0.283. The fourth-order valence-electron chi connectivity index (χ4n) is 1.62. The molecule has 0 heterocycles. The van der Waals surface area contributed by atoms with Crippen molar-refractivity contribution in [3.63, 3.8) is 0 Å². The molecule has 0 atom stereocenters. The minimum Gasteiger partial charge on any atom is -0.497 e. The Hall–Kier alpha value is -1.59. The summed E-state index contributed by atoms with van der Waals surface area (Å²) < 4.78 is 11.8. The third kappa shape index (κ3) is 3.24. The smallest absolute Gasteiger partial charge is 0.138 e. The third-order valence-electron chi connectivity index (χ3n) is 2.49. The van der Waals surface area contributed by atoms with E-state index in [0.29, 0.717) is 17.1 Å². The maximum absolute atomic E-state index is 5.82. The van der Waals surface area contributed by atoms with Crippen molar-refractivity contribution in [2.24, 2.45) is 5.73 Å². The molecule has 0 aromatic heterocycles. The Morgan fingerprint density at radius 2 is 1.84 bits per heavy atom. The predicted octanol–water partition coefficient (Wildman–Crippen LogP) is 3.88. The zero-order chi connectivity index (χ0) is 13.8. The van der Waals surface area contributed by atoms with Crippen molar-refractivity contribution in [3.05, 3.63) is 52.5 Å². The lowest BCUT2D eigenvalue weighted by atomic mass is 10.2. The van der Waals surface area contributed by atoms with Crippen molar-refractivity contribution in [1.29, 1.82) is 0 Å². The summed E-state index contributed by atoms with van der Waals surface area (Å²) in [5.41, 5.74) is 6.40. The van der Waals surface area contributed by atoms with Crippen LogP contribution in [0.3, 0.4) is 0 Å². The summed E-state index contributed by atoms with van der Waals surface area (Å²) in [6.07, 6.45) is 0. The number of benzene rings is 2. The predicted molar refractivity (Wildman–Crippen MR) is 83.1 cm³/mol. The summed E-state index contributed by atoms with van der Waals surface area (Å²) in [5.74, 6) is 1.99. The molecule has 98 valence electrons. The van der Waals surface area contributed by atoms with Crippen LogP contribution in [0.25, 0.3) is 0 Å². The van der Waals surface area contributed by atoms with Gasteiger partial charge in [0.1, 0.15) is 22.2 Å². The van der Waals surface area contributed by atoms with Crippen LogP contribution >= 0.6 is 28.1 Å². The molecule has 0 bridgehead atoms. The lowest BCUT2D eigenvalue weighted by Crippen LogP contribution is -2.11. The van der Waals surface area contributed by atoms with Crippen molar-refractivity contribution in [1.82, 2.24) is 0 Å². The Bertz CT molecular complexity index is 616. The first-order valence-corrected chi connectivity index (χ1v) is 6.72. The van der Waals surface area contributed by atoms with E-state index < -0.39 is 0 Å². The number of methoxy groups -OCH3 is 1. The normalized spacial score (nSPS) is 10.0. The van der Waals surface area contributed by atoms with Crippen molar-refractivity contribution < 1.29 is 9.47 Å². The number of halogens is 1. The first kappa shape index (κ1) is 13.8. The Morgan fingerprint density at radius 3 is 2.53 bits per heavy atom. The van der Waals surface area contributed by atoms with E-state index in [2.05, 4.69) is 15.9 Å². The Labute approximate surface area is 125 Å². The highest BCUT2D eigenvalue weighted by Crippen LogP contribution is 2.31. The van der Waals surface area contributed by atoms with Gasteiger partial charge in [-0.3, -0.25) is 0 Å². The molecule has 0 aliphatic heterocycles. The van der Waals surface area contributed by atoms with E-state index >= 15 is 0 Å². The van der Waals surface area contributed by atoms with Gasteiger partial charge in [-0.05, 0) is 40.2 Å². The van der Waals surface area contributed by atoms with E-state index in [0.717, 1.165) is 10.2 Å². The Kier molecular flexibility index (Phi) is 4.39. The summed E-state index contributed by atoms with van der Waals surface area (Å²) in [5, 5.41) is 0. The molecule has 3 nitrogen and oxygen atoms in total. The lowest BCUT2D eigenvalue weighted by Gasteiger charge is -2.12. The molecule has 2 N–H and O–H groups in total. The first-order chi connectivity index (χ1) is 9.11. The molecule has 0 radical (unpaired) electrons. The van der Waals surface area contributed by atoms with Gasteiger partial charge < -0.3 is 15.2 Å². The highest BCUT2D eigenvalue weighted by molar-refractivity contribution is 9.10. The van der Waals surface area contributed by atoms with Crippen LogP contribution in [0.1, 0.15) is 5.56 Å². The fourth-order valence-corrected chi connectivity index (χ4v) is 2.52. The second kappa shape index (κ2) is 6.04. The molecule has 2 aromatic rings. The van der Waals surface area contributed by atoms with E-state index in [-0.39, 0.29) is 4.99 Å². The summed E-state index contributed by atoms with van der Waals surface area (Å²) in [7, 11) is 1.61. The van der Waals surface area contributed by atoms with Gasteiger partial charge in [0.15, 0.2) is 0 Å². The molecular weight excluding hydrogens is 326 g/mol.